The molecule has 2 amide bonds. The highest BCUT2D eigenvalue weighted by Crippen LogP contribution is 2.29. The summed E-state index contributed by atoms with van der Waals surface area (Å²) in [6, 6.07) is -0.00138. The lowest BCUT2D eigenvalue weighted by Gasteiger charge is -2.23. The molecule has 1 saturated carbocycles. The molecule has 92 valence electrons. The number of amides is 2. The molecule has 2 N–H and O–H groups in total. The van der Waals surface area contributed by atoms with Crippen LogP contribution in [0.2, 0.25) is 0 Å². The van der Waals surface area contributed by atoms with Gasteiger partial charge < -0.3 is 15.5 Å². The Balaban J connectivity index is 2.41. The summed E-state index contributed by atoms with van der Waals surface area (Å²) in [4.78, 5) is 26.7. The zero-order chi connectivity index (χ0) is 12.3. The standard InChI is InChI=1S/C11H21N3O2/c1-4-14(5-2)10(15)7-13(3)11(16)8-6-9(8)12/h8-9H,4-7,12H2,1-3H3. The average Bonchev–Trinajstić information content (AvgIpc) is 2.96. The Labute approximate surface area is 96.6 Å². The van der Waals surface area contributed by atoms with Crippen LogP contribution in [0.25, 0.3) is 0 Å². The van der Waals surface area contributed by atoms with Crippen molar-refractivity contribution in [2.75, 3.05) is 26.7 Å². The molecule has 0 aromatic heterocycles. The third kappa shape index (κ3) is 2.95. The third-order valence-electron chi connectivity index (χ3n) is 3.02. The first-order valence-electron chi connectivity index (χ1n) is 5.79. The zero-order valence-electron chi connectivity index (χ0n) is 10.3. The topological polar surface area (TPSA) is 66.6 Å². The number of nitrogens with zero attached hydrogens (tertiary/aromatic N) is 2. The van der Waals surface area contributed by atoms with Crippen LogP contribution in [0.4, 0.5) is 0 Å². The highest BCUT2D eigenvalue weighted by Gasteiger charge is 2.41. The van der Waals surface area contributed by atoms with E-state index in [9.17, 15) is 9.59 Å². The van der Waals surface area contributed by atoms with Crippen molar-refractivity contribution in [1.82, 2.24) is 9.80 Å². The number of rotatable bonds is 5. The number of likely N-dealkylation sites (N-methyl/N-ethyl adjacent to an activating group) is 2. The van der Waals surface area contributed by atoms with Gasteiger partial charge in [-0.15, -0.1) is 0 Å². The monoisotopic (exact) mass is 227 g/mol. The molecule has 1 rings (SSSR count). The van der Waals surface area contributed by atoms with Gasteiger partial charge in [0.15, 0.2) is 0 Å². The Bertz CT molecular complexity index is 276. The van der Waals surface area contributed by atoms with Gasteiger partial charge in [-0.1, -0.05) is 0 Å². The van der Waals surface area contributed by atoms with Gasteiger partial charge in [-0.25, -0.2) is 0 Å². The van der Waals surface area contributed by atoms with E-state index in [4.69, 9.17) is 5.73 Å². The van der Waals surface area contributed by atoms with Crippen LogP contribution in [0.5, 0.6) is 0 Å². The normalized spacial score (nSPS) is 22.8. The largest absolute Gasteiger partial charge is 0.342 e. The smallest absolute Gasteiger partial charge is 0.242 e. The maximum absolute atomic E-state index is 11.7. The van der Waals surface area contributed by atoms with E-state index in [-0.39, 0.29) is 30.3 Å². The summed E-state index contributed by atoms with van der Waals surface area (Å²) in [6.07, 6.45) is 0.753. The van der Waals surface area contributed by atoms with Crippen LogP contribution in [0.15, 0.2) is 0 Å². The molecule has 1 fully saturated rings. The molecule has 2 atom stereocenters. The number of nitrogens with two attached hydrogens (primary N) is 1. The summed E-state index contributed by atoms with van der Waals surface area (Å²) in [5, 5.41) is 0. The van der Waals surface area contributed by atoms with Crippen LogP contribution in [0.1, 0.15) is 20.3 Å². The maximum Gasteiger partial charge on any atom is 0.242 e. The Morgan fingerprint density at radius 1 is 1.31 bits per heavy atom. The lowest BCUT2D eigenvalue weighted by molar-refractivity contribution is -0.139. The van der Waals surface area contributed by atoms with Crippen molar-refractivity contribution in [2.24, 2.45) is 11.7 Å². The summed E-state index contributed by atoms with van der Waals surface area (Å²) >= 11 is 0. The molecule has 1 aliphatic rings. The van der Waals surface area contributed by atoms with Crippen LogP contribution in [0, 0.1) is 5.92 Å². The van der Waals surface area contributed by atoms with Crippen molar-refractivity contribution >= 4 is 11.8 Å². The van der Waals surface area contributed by atoms with Crippen molar-refractivity contribution in [3.63, 3.8) is 0 Å². The van der Waals surface area contributed by atoms with Crippen molar-refractivity contribution in [3.8, 4) is 0 Å². The van der Waals surface area contributed by atoms with E-state index in [0.29, 0.717) is 13.1 Å². The molecular weight excluding hydrogens is 206 g/mol. The molecule has 1 aliphatic carbocycles. The van der Waals surface area contributed by atoms with E-state index in [2.05, 4.69) is 0 Å². The Morgan fingerprint density at radius 2 is 1.81 bits per heavy atom. The summed E-state index contributed by atoms with van der Waals surface area (Å²) < 4.78 is 0. The van der Waals surface area contributed by atoms with E-state index < -0.39 is 0 Å². The molecule has 0 heterocycles. The minimum Gasteiger partial charge on any atom is -0.342 e. The van der Waals surface area contributed by atoms with Gasteiger partial charge in [0.05, 0.1) is 12.5 Å². The Kier molecular flexibility index (Phi) is 4.29. The van der Waals surface area contributed by atoms with Crippen LogP contribution in [-0.4, -0.2) is 54.3 Å². The van der Waals surface area contributed by atoms with Gasteiger partial charge in [0, 0.05) is 26.2 Å². The van der Waals surface area contributed by atoms with Crippen LogP contribution in [-0.2, 0) is 9.59 Å². The number of hydrogen-bond acceptors (Lipinski definition) is 3. The minimum atomic E-state index is -0.0606. The quantitative estimate of drug-likeness (QED) is 0.699. The van der Waals surface area contributed by atoms with E-state index in [1.54, 1.807) is 11.9 Å². The van der Waals surface area contributed by atoms with Crippen molar-refractivity contribution in [3.05, 3.63) is 0 Å². The molecule has 2 unspecified atom stereocenters. The Morgan fingerprint density at radius 3 is 2.19 bits per heavy atom. The van der Waals surface area contributed by atoms with Gasteiger partial charge in [0.1, 0.15) is 0 Å². The maximum atomic E-state index is 11.7. The van der Waals surface area contributed by atoms with Crippen molar-refractivity contribution < 1.29 is 9.59 Å². The number of hydrogen-bond donors (Lipinski definition) is 1. The predicted octanol–water partition coefficient (Wildman–Crippen LogP) is -0.340. The highest BCUT2D eigenvalue weighted by molar-refractivity contribution is 5.87. The highest BCUT2D eigenvalue weighted by atomic mass is 16.2. The molecular formula is C11H21N3O2. The lowest BCUT2D eigenvalue weighted by atomic mass is 10.3. The molecule has 0 saturated heterocycles. The van der Waals surface area contributed by atoms with Crippen LogP contribution >= 0.6 is 0 Å². The van der Waals surface area contributed by atoms with Gasteiger partial charge in [-0.05, 0) is 20.3 Å². The fourth-order valence-electron chi connectivity index (χ4n) is 1.74. The second-order valence-corrected chi connectivity index (χ2v) is 4.27. The Hall–Kier alpha value is -1.10. The molecule has 0 spiro atoms. The molecule has 0 aliphatic heterocycles. The summed E-state index contributed by atoms with van der Waals surface area (Å²) in [6.45, 7) is 5.38. The first-order valence-corrected chi connectivity index (χ1v) is 5.79. The summed E-state index contributed by atoms with van der Waals surface area (Å²) in [5.41, 5.74) is 5.61. The van der Waals surface area contributed by atoms with Gasteiger partial charge in [0.2, 0.25) is 11.8 Å². The molecule has 5 nitrogen and oxygen atoms in total. The molecule has 0 bridgehead atoms. The van der Waals surface area contributed by atoms with Gasteiger partial charge in [0.25, 0.3) is 0 Å². The van der Waals surface area contributed by atoms with Crippen LogP contribution in [0.3, 0.4) is 0 Å². The van der Waals surface area contributed by atoms with E-state index in [1.807, 2.05) is 13.8 Å². The first-order chi connectivity index (χ1) is 7.51. The molecule has 16 heavy (non-hydrogen) atoms. The second-order valence-electron chi connectivity index (χ2n) is 4.27. The van der Waals surface area contributed by atoms with Crippen molar-refractivity contribution in [2.45, 2.75) is 26.3 Å². The van der Waals surface area contributed by atoms with Crippen molar-refractivity contribution in [1.29, 1.82) is 0 Å². The van der Waals surface area contributed by atoms with Gasteiger partial charge >= 0.3 is 0 Å². The third-order valence-corrected chi connectivity index (χ3v) is 3.02. The fourth-order valence-corrected chi connectivity index (χ4v) is 1.74. The predicted molar refractivity (Wildman–Crippen MR) is 61.6 cm³/mol. The second kappa shape index (κ2) is 5.30. The summed E-state index contributed by atoms with van der Waals surface area (Å²) in [7, 11) is 1.66. The SMILES string of the molecule is CCN(CC)C(=O)CN(C)C(=O)C1CC1N. The molecule has 0 aromatic carbocycles. The molecule has 0 aromatic rings. The van der Waals surface area contributed by atoms with E-state index >= 15 is 0 Å². The van der Waals surface area contributed by atoms with E-state index in [1.165, 1.54) is 4.90 Å². The molecule has 5 heteroatoms. The minimum absolute atomic E-state index is 0.00138. The lowest BCUT2D eigenvalue weighted by Crippen LogP contribution is -2.42. The van der Waals surface area contributed by atoms with Gasteiger partial charge in [-0.3, -0.25) is 9.59 Å². The number of carbonyl (C=O) groups is 2. The van der Waals surface area contributed by atoms with E-state index in [0.717, 1.165) is 6.42 Å². The average molecular weight is 227 g/mol. The van der Waals surface area contributed by atoms with Crippen LogP contribution < -0.4 is 5.73 Å². The van der Waals surface area contributed by atoms with Gasteiger partial charge in [-0.2, -0.15) is 0 Å². The summed E-state index contributed by atoms with van der Waals surface area (Å²) in [5.74, 6) is -0.0717. The molecule has 0 radical (unpaired) electrons. The fraction of sp³-hybridized carbons (Fsp3) is 0.818. The zero-order valence-corrected chi connectivity index (χ0v) is 10.3. The number of carbonyl (C=O) groups excluding carboxylic acids is 2. The first kappa shape index (κ1) is 13.0.